The molecule has 0 aliphatic carbocycles. The Balaban J connectivity index is 4.95. The van der Waals surface area contributed by atoms with Crippen LogP contribution in [0.15, 0.2) is 17.0 Å². The largest absolute Gasteiger partial charge is 0.326 e. The number of carbonyl (C=O) groups excluding carboxylic acids is 2. The van der Waals surface area contributed by atoms with Gasteiger partial charge in [-0.2, -0.15) is 0 Å². The summed E-state index contributed by atoms with van der Waals surface area (Å²) in [6.45, 7) is 5.86. The molecule has 0 heterocycles. The number of carbonyl (C=O) groups is 2. The first kappa shape index (κ1) is 14.8. The van der Waals surface area contributed by atoms with E-state index in [0.717, 1.165) is 0 Å². The Morgan fingerprint density at radius 2 is 2.12 bits per heavy atom. The third-order valence-electron chi connectivity index (χ3n) is 1.49. The first-order chi connectivity index (χ1) is 7.29. The van der Waals surface area contributed by atoms with Gasteiger partial charge >= 0.3 is 0 Å². The molecule has 1 unspecified atom stereocenters. The van der Waals surface area contributed by atoms with E-state index in [9.17, 15) is 13.8 Å². The molecular weight excluding hydrogens is 230 g/mol. The predicted molar refractivity (Wildman–Crippen MR) is 62.7 cm³/mol. The first-order valence-corrected chi connectivity index (χ1v) is 6.37. The van der Waals surface area contributed by atoms with Crippen molar-refractivity contribution in [3.63, 3.8) is 0 Å². The van der Waals surface area contributed by atoms with E-state index in [2.05, 4.69) is 15.7 Å². The van der Waals surface area contributed by atoms with Gasteiger partial charge in [0.2, 0.25) is 5.91 Å². The van der Waals surface area contributed by atoms with Crippen molar-refractivity contribution < 1.29 is 13.8 Å². The van der Waals surface area contributed by atoms with Crippen LogP contribution in [-0.4, -0.2) is 27.8 Å². The molecule has 0 aliphatic heterocycles. The second-order valence-corrected chi connectivity index (χ2v) is 5.36. The van der Waals surface area contributed by atoms with Gasteiger partial charge in [0.25, 0.3) is 5.91 Å². The Labute approximate surface area is 95.6 Å². The van der Waals surface area contributed by atoms with Crippen LogP contribution in [0.25, 0.3) is 0 Å². The van der Waals surface area contributed by atoms with E-state index in [4.69, 9.17) is 5.73 Å². The number of rotatable bonds is 5. The standard InChI is InChI=1S/C9H17N3O3S/c1-4-5-9(10)6-16(15,11-7(2)13)12-8(3)14/h4,9H,1,5-6,10H2,2-3H3,(H,11,12,13,14,15)/t9-/m0/s1. The molecule has 0 aliphatic rings. The fourth-order valence-electron chi connectivity index (χ4n) is 1.11. The van der Waals surface area contributed by atoms with E-state index in [1.165, 1.54) is 13.8 Å². The Morgan fingerprint density at radius 1 is 1.56 bits per heavy atom. The summed E-state index contributed by atoms with van der Waals surface area (Å²) >= 11 is 0. The summed E-state index contributed by atoms with van der Waals surface area (Å²) in [5.74, 6) is -1.19. The summed E-state index contributed by atoms with van der Waals surface area (Å²) < 4.78 is 17.6. The number of nitrogens with one attached hydrogen (secondary N) is 1. The number of nitrogens with two attached hydrogens (primary N) is 1. The molecule has 92 valence electrons. The molecule has 2 amide bonds. The molecule has 0 aromatic rings. The van der Waals surface area contributed by atoms with Gasteiger partial charge in [-0.3, -0.25) is 14.3 Å². The monoisotopic (exact) mass is 247 g/mol. The van der Waals surface area contributed by atoms with Gasteiger partial charge in [-0.05, 0) is 6.42 Å². The summed E-state index contributed by atoms with van der Waals surface area (Å²) in [5.41, 5.74) is 5.65. The number of hydrogen-bond acceptors (Lipinski definition) is 4. The molecule has 0 rings (SSSR count). The second kappa shape index (κ2) is 6.39. The molecule has 7 heteroatoms. The summed E-state index contributed by atoms with van der Waals surface area (Å²) in [4.78, 5) is 21.7. The van der Waals surface area contributed by atoms with Gasteiger partial charge in [0.05, 0.1) is 5.75 Å². The Hall–Kier alpha value is -1.21. The fraction of sp³-hybridized carbons (Fsp3) is 0.556. The quantitative estimate of drug-likeness (QED) is 0.665. The molecule has 0 saturated carbocycles. The molecule has 0 fully saturated rings. The van der Waals surface area contributed by atoms with Crippen molar-refractivity contribution in [1.82, 2.24) is 4.72 Å². The van der Waals surface area contributed by atoms with Crippen LogP contribution >= 0.6 is 0 Å². The van der Waals surface area contributed by atoms with Crippen molar-refractivity contribution >= 4 is 21.7 Å². The van der Waals surface area contributed by atoms with E-state index in [0.29, 0.717) is 6.42 Å². The third kappa shape index (κ3) is 6.31. The summed E-state index contributed by atoms with van der Waals surface area (Å²) in [5, 5.41) is 0. The van der Waals surface area contributed by atoms with Gasteiger partial charge in [-0.1, -0.05) is 6.08 Å². The lowest BCUT2D eigenvalue weighted by molar-refractivity contribution is -0.117. The Kier molecular flexibility index (Phi) is 5.91. The van der Waals surface area contributed by atoms with Gasteiger partial charge in [-0.25, -0.2) is 4.21 Å². The van der Waals surface area contributed by atoms with Crippen molar-refractivity contribution in [1.29, 1.82) is 0 Å². The maximum atomic E-state index is 12.1. The highest BCUT2D eigenvalue weighted by molar-refractivity contribution is 7.92. The van der Waals surface area contributed by atoms with Gasteiger partial charge in [0.15, 0.2) is 0 Å². The highest BCUT2D eigenvalue weighted by Gasteiger charge is 2.16. The van der Waals surface area contributed by atoms with E-state index < -0.39 is 27.8 Å². The molecule has 0 saturated heterocycles. The van der Waals surface area contributed by atoms with Crippen LogP contribution in [0.4, 0.5) is 0 Å². The van der Waals surface area contributed by atoms with Gasteiger partial charge in [0, 0.05) is 19.9 Å². The average molecular weight is 247 g/mol. The van der Waals surface area contributed by atoms with E-state index >= 15 is 0 Å². The van der Waals surface area contributed by atoms with Gasteiger partial charge < -0.3 is 5.73 Å². The molecule has 2 atom stereocenters. The van der Waals surface area contributed by atoms with Crippen molar-refractivity contribution in [2.45, 2.75) is 26.3 Å². The van der Waals surface area contributed by atoms with E-state index in [1.807, 2.05) is 0 Å². The molecule has 0 aromatic carbocycles. The van der Waals surface area contributed by atoms with Crippen LogP contribution in [0.3, 0.4) is 0 Å². The molecular formula is C9H17N3O3S. The maximum absolute atomic E-state index is 12.1. The molecule has 16 heavy (non-hydrogen) atoms. The van der Waals surface area contributed by atoms with Crippen molar-refractivity contribution in [3.05, 3.63) is 12.7 Å². The lowest BCUT2D eigenvalue weighted by Gasteiger charge is -2.13. The molecule has 6 nitrogen and oxygen atoms in total. The predicted octanol–water partition coefficient (Wildman–Crippen LogP) is -0.0446. The van der Waals surface area contributed by atoms with Crippen molar-refractivity contribution in [2.24, 2.45) is 10.1 Å². The molecule has 0 bridgehead atoms. The third-order valence-corrected chi connectivity index (χ3v) is 3.53. The SMILES string of the molecule is C=CC[C@H](N)CS(=O)(=NC(C)=O)NC(C)=O. The van der Waals surface area contributed by atoms with Crippen LogP contribution in [0.1, 0.15) is 20.3 Å². The Morgan fingerprint density at radius 3 is 2.50 bits per heavy atom. The average Bonchev–Trinajstić information content (AvgIpc) is 1.98. The second-order valence-electron chi connectivity index (χ2n) is 3.36. The highest BCUT2D eigenvalue weighted by Crippen LogP contribution is 1.99. The van der Waals surface area contributed by atoms with Crippen LogP contribution in [0.5, 0.6) is 0 Å². The summed E-state index contributed by atoms with van der Waals surface area (Å²) in [6, 6.07) is -0.458. The first-order valence-electron chi connectivity index (χ1n) is 4.69. The molecule has 0 aromatic heterocycles. The Bertz CT molecular complexity index is 397. The zero-order valence-corrected chi connectivity index (χ0v) is 10.3. The van der Waals surface area contributed by atoms with Gasteiger partial charge in [0.1, 0.15) is 9.92 Å². The van der Waals surface area contributed by atoms with Gasteiger partial charge in [-0.15, -0.1) is 10.9 Å². The van der Waals surface area contributed by atoms with Crippen molar-refractivity contribution in [3.8, 4) is 0 Å². The summed E-state index contributed by atoms with van der Waals surface area (Å²) in [6.07, 6.45) is 2.01. The minimum Gasteiger partial charge on any atom is -0.326 e. The van der Waals surface area contributed by atoms with Crippen molar-refractivity contribution in [2.75, 3.05) is 5.75 Å². The highest BCUT2D eigenvalue weighted by atomic mass is 32.2. The lowest BCUT2D eigenvalue weighted by atomic mass is 10.2. The maximum Gasteiger partial charge on any atom is 0.252 e. The zero-order chi connectivity index (χ0) is 12.8. The minimum absolute atomic E-state index is 0.0713. The van der Waals surface area contributed by atoms with Crippen LogP contribution in [-0.2, 0) is 19.5 Å². The van der Waals surface area contributed by atoms with Crippen LogP contribution < -0.4 is 10.5 Å². The fourth-order valence-corrected chi connectivity index (χ4v) is 2.89. The van der Waals surface area contributed by atoms with E-state index in [1.54, 1.807) is 6.08 Å². The van der Waals surface area contributed by atoms with Crippen LogP contribution in [0.2, 0.25) is 0 Å². The normalized spacial score (nSPS) is 15.7. The smallest absolute Gasteiger partial charge is 0.252 e. The molecule has 0 radical (unpaired) electrons. The minimum atomic E-state index is -3.11. The zero-order valence-electron chi connectivity index (χ0n) is 9.43. The summed E-state index contributed by atoms with van der Waals surface area (Å²) in [7, 11) is -3.11. The number of nitrogens with zero attached hydrogens (tertiary/aromatic N) is 1. The van der Waals surface area contributed by atoms with E-state index in [-0.39, 0.29) is 5.75 Å². The molecule has 3 N–H and O–H groups in total. The topological polar surface area (TPSA) is 102 Å². The number of amides is 2. The van der Waals surface area contributed by atoms with Crippen LogP contribution in [0, 0.1) is 0 Å². The molecule has 0 spiro atoms. The number of hydrogen-bond donors (Lipinski definition) is 2. The lowest BCUT2D eigenvalue weighted by Crippen LogP contribution is -2.38.